The summed E-state index contributed by atoms with van der Waals surface area (Å²) in [4.78, 5) is 0. The number of piperidine rings is 1. The fourth-order valence-corrected chi connectivity index (χ4v) is 2.48. The lowest BCUT2D eigenvalue weighted by molar-refractivity contribution is 0.371. The van der Waals surface area contributed by atoms with Crippen LogP contribution in [-0.4, -0.2) is 25.3 Å². The van der Waals surface area contributed by atoms with Crippen molar-refractivity contribution in [3.63, 3.8) is 0 Å². The molecule has 3 nitrogen and oxygen atoms in total. The number of benzene rings is 1. The van der Waals surface area contributed by atoms with E-state index in [2.05, 4.69) is 5.32 Å². The smallest absolute Gasteiger partial charge is 0.160 e. The lowest BCUT2D eigenvalue weighted by atomic mass is 9.90. The molecule has 0 aliphatic carbocycles. The van der Waals surface area contributed by atoms with Gasteiger partial charge in [-0.25, -0.2) is 0 Å². The minimum Gasteiger partial charge on any atom is -0.504 e. The van der Waals surface area contributed by atoms with E-state index in [-0.39, 0.29) is 5.75 Å². The molecule has 88 valence electrons. The normalized spacial score (nSPS) is 17.4. The van der Waals surface area contributed by atoms with Gasteiger partial charge in [0.15, 0.2) is 11.5 Å². The van der Waals surface area contributed by atoms with Crippen molar-refractivity contribution in [3.8, 4) is 11.5 Å². The Morgan fingerprint density at radius 3 is 2.69 bits per heavy atom. The Morgan fingerprint density at radius 2 is 2.06 bits per heavy atom. The monoisotopic (exact) mass is 241 g/mol. The van der Waals surface area contributed by atoms with Crippen LogP contribution in [0.2, 0.25) is 5.02 Å². The Hall–Kier alpha value is -0.930. The van der Waals surface area contributed by atoms with Gasteiger partial charge in [0, 0.05) is 11.1 Å². The molecule has 0 bridgehead atoms. The van der Waals surface area contributed by atoms with Crippen LogP contribution in [0.3, 0.4) is 0 Å². The van der Waals surface area contributed by atoms with Gasteiger partial charge in [-0.05, 0) is 43.5 Å². The van der Waals surface area contributed by atoms with Crippen LogP contribution in [0.25, 0.3) is 0 Å². The fraction of sp³-hybridized carbons (Fsp3) is 0.500. The zero-order chi connectivity index (χ0) is 11.5. The molecule has 1 fully saturated rings. The maximum Gasteiger partial charge on any atom is 0.160 e. The molecular weight excluding hydrogens is 226 g/mol. The summed E-state index contributed by atoms with van der Waals surface area (Å²) >= 11 is 6.16. The number of rotatable bonds is 2. The van der Waals surface area contributed by atoms with Crippen molar-refractivity contribution >= 4 is 11.6 Å². The zero-order valence-electron chi connectivity index (χ0n) is 9.29. The predicted molar refractivity (Wildman–Crippen MR) is 64.5 cm³/mol. The highest BCUT2D eigenvalue weighted by Gasteiger charge is 2.19. The van der Waals surface area contributed by atoms with Crippen LogP contribution < -0.4 is 10.1 Å². The summed E-state index contributed by atoms with van der Waals surface area (Å²) in [5.41, 5.74) is 1.08. The zero-order valence-corrected chi connectivity index (χ0v) is 10.0. The van der Waals surface area contributed by atoms with E-state index in [1.54, 1.807) is 13.2 Å². The summed E-state index contributed by atoms with van der Waals surface area (Å²) in [5, 5.41) is 13.5. The van der Waals surface area contributed by atoms with E-state index in [9.17, 15) is 5.11 Å². The Balaban J connectivity index is 2.31. The van der Waals surface area contributed by atoms with Gasteiger partial charge in [-0.3, -0.25) is 0 Å². The number of hydrogen-bond donors (Lipinski definition) is 2. The molecule has 0 amide bonds. The van der Waals surface area contributed by atoms with E-state index in [4.69, 9.17) is 16.3 Å². The fourth-order valence-electron chi connectivity index (χ4n) is 2.17. The van der Waals surface area contributed by atoms with Crippen LogP contribution in [0.5, 0.6) is 11.5 Å². The Labute approximate surface area is 100 Å². The second-order valence-electron chi connectivity index (χ2n) is 4.07. The second-order valence-corrected chi connectivity index (χ2v) is 4.48. The van der Waals surface area contributed by atoms with E-state index in [0.717, 1.165) is 31.5 Å². The Bertz CT molecular complexity index is 376. The number of ether oxygens (including phenoxy) is 1. The molecule has 2 N–H and O–H groups in total. The van der Waals surface area contributed by atoms with E-state index in [1.807, 2.05) is 6.07 Å². The Kier molecular flexibility index (Phi) is 3.56. The molecule has 0 spiro atoms. The first-order valence-corrected chi connectivity index (χ1v) is 5.87. The summed E-state index contributed by atoms with van der Waals surface area (Å²) in [6.45, 7) is 2.04. The molecule has 0 atom stereocenters. The molecule has 0 saturated carbocycles. The van der Waals surface area contributed by atoms with Crippen LogP contribution in [0.4, 0.5) is 0 Å². The molecule has 1 aliphatic rings. The van der Waals surface area contributed by atoms with Gasteiger partial charge in [-0.2, -0.15) is 0 Å². The van der Waals surface area contributed by atoms with Crippen molar-refractivity contribution in [1.29, 1.82) is 0 Å². The first kappa shape index (κ1) is 11.6. The number of phenolic OH excluding ortho intramolecular Hbond substituents is 1. The van der Waals surface area contributed by atoms with Gasteiger partial charge in [0.1, 0.15) is 0 Å². The molecule has 1 aromatic rings. The van der Waals surface area contributed by atoms with Gasteiger partial charge in [0.25, 0.3) is 0 Å². The first-order chi connectivity index (χ1) is 7.72. The van der Waals surface area contributed by atoms with E-state index in [0.29, 0.717) is 16.7 Å². The third-order valence-electron chi connectivity index (χ3n) is 3.08. The predicted octanol–water partition coefficient (Wildman–Crippen LogP) is 2.52. The topological polar surface area (TPSA) is 41.5 Å². The minimum atomic E-state index is 0.102. The van der Waals surface area contributed by atoms with Crippen LogP contribution in [0.1, 0.15) is 24.3 Å². The largest absolute Gasteiger partial charge is 0.504 e. The lowest BCUT2D eigenvalue weighted by Gasteiger charge is -2.24. The van der Waals surface area contributed by atoms with Crippen molar-refractivity contribution in [2.24, 2.45) is 0 Å². The highest BCUT2D eigenvalue weighted by atomic mass is 35.5. The molecule has 16 heavy (non-hydrogen) atoms. The van der Waals surface area contributed by atoms with Gasteiger partial charge in [0.2, 0.25) is 0 Å². The maximum absolute atomic E-state index is 9.59. The molecule has 2 rings (SSSR count). The molecule has 0 unspecified atom stereocenters. The summed E-state index contributed by atoms with van der Waals surface area (Å²) in [6.07, 6.45) is 2.15. The van der Waals surface area contributed by atoms with Crippen molar-refractivity contribution in [2.75, 3.05) is 20.2 Å². The SMILES string of the molecule is COc1cc(C2CCNCC2)c(Cl)cc1O. The maximum atomic E-state index is 9.59. The summed E-state index contributed by atoms with van der Waals surface area (Å²) in [7, 11) is 1.55. The van der Waals surface area contributed by atoms with Gasteiger partial charge >= 0.3 is 0 Å². The third-order valence-corrected chi connectivity index (χ3v) is 3.40. The van der Waals surface area contributed by atoms with E-state index >= 15 is 0 Å². The number of phenols is 1. The summed E-state index contributed by atoms with van der Waals surface area (Å²) in [5.74, 6) is 1.06. The third kappa shape index (κ3) is 2.25. The minimum absolute atomic E-state index is 0.102. The second kappa shape index (κ2) is 4.93. The van der Waals surface area contributed by atoms with Crippen molar-refractivity contribution in [1.82, 2.24) is 5.32 Å². The molecule has 1 aliphatic heterocycles. The molecule has 1 heterocycles. The molecule has 4 heteroatoms. The van der Waals surface area contributed by atoms with Crippen molar-refractivity contribution in [2.45, 2.75) is 18.8 Å². The molecule has 1 saturated heterocycles. The average Bonchev–Trinajstić information content (AvgIpc) is 2.30. The van der Waals surface area contributed by atoms with Gasteiger partial charge in [-0.1, -0.05) is 11.6 Å². The number of halogens is 1. The summed E-state index contributed by atoms with van der Waals surface area (Å²) < 4.78 is 5.11. The highest BCUT2D eigenvalue weighted by molar-refractivity contribution is 6.31. The number of hydrogen-bond acceptors (Lipinski definition) is 3. The quantitative estimate of drug-likeness (QED) is 0.836. The van der Waals surface area contributed by atoms with E-state index < -0.39 is 0 Å². The van der Waals surface area contributed by atoms with Gasteiger partial charge in [-0.15, -0.1) is 0 Å². The van der Waals surface area contributed by atoms with Gasteiger partial charge < -0.3 is 15.2 Å². The standard InChI is InChI=1S/C12H16ClNO2/c1-16-12-6-9(10(13)7-11(12)15)8-2-4-14-5-3-8/h6-8,14-15H,2-5H2,1H3. The molecular formula is C12H16ClNO2. The average molecular weight is 242 g/mol. The highest BCUT2D eigenvalue weighted by Crippen LogP contribution is 2.38. The molecule has 1 aromatic carbocycles. The van der Waals surface area contributed by atoms with Crippen molar-refractivity contribution in [3.05, 3.63) is 22.7 Å². The number of aromatic hydroxyl groups is 1. The van der Waals surface area contributed by atoms with Gasteiger partial charge in [0.05, 0.1) is 7.11 Å². The molecule has 0 radical (unpaired) electrons. The van der Waals surface area contributed by atoms with Crippen LogP contribution >= 0.6 is 11.6 Å². The number of methoxy groups -OCH3 is 1. The van der Waals surface area contributed by atoms with Crippen LogP contribution in [0.15, 0.2) is 12.1 Å². The summed E-state index contributed by atoms with van der Waals surface area (Å²) in [6, 6.07) is 3.42. The van der Waals surface area contributed by atoms with Crippen LogP contribution in [0, 0.1) is 0 Å². The number of nitrogens with one attached hydrogen (secondary N) is 1. The van der Waals surface area contributed by atoms with E-state index in [1.165, 1.54) is 0 Å². The lowest BCUT2D eigenvalue weighted by Crippen LogP contribution is -2.26. The molecule has 0 aromatic heterocycles. The Morgan fingerprint density at radius 1 is 1.38 bits per heavy atom. The first-order valence-electron chi connectivity index (χ1n) is 5.49. The van der Waals surface area contributed by atoms with Crippen molar-refractivity contribution < 1.29 is 9.84 Å². The van der Waals surface area contributed by atoms with Crippen LogP contribution in [-0.2, 0) is 0 Å².